The van der Waals surface area contributed by atoms with E-state index in [9.17, 15) is 0 Å². The summed E-state index contributed by atoms with van der Waals surface area (Å²) in [7, 11) is 3.22. The number of pyridine rings is 2. The van der Waals surface area contributed by atoms with Crippen LogP contribution >= 0.6 is 11.6 Å². The van der Waals surface area contributed by atoms with E-state index in [1.165, 1.54) is 11.3 Å². The van der Waals surface area contributed by atoms with Gasteiger partial charge in [0.15, 0.2) is 0 Å². The van der Waals surface area contributed by atoms with Gasteiger partial charge in [-0.1, -0.05) is 11.6 Å². The van der Waals surface area contributed by atoms with Gasteiger partial charge in [0.2, 0.25) is 0 Å². The zero-order valence-corrected chi connectivity index (χ0v) is 19.4. The predicted octanol–water partition coefficient (Wildman–Crippen LogP) is 4.44. The highest BCUT2D eigenvalue weighted by molar-refractivity contribution is 6.32. The van der Waals surface area contributed by atoms with Crippen LogP contribution in [0, 0.1) is 0 Å². The Balaban J connectivity index is 1.33. The Morgan fingerprint density at radius 1 is 1.09 bits per heavy atom. The number of ether oxygens (including phenoxy) is 2. The molecule has 0 unspecified atom stereocenters. The van der Waals surface area contributed by atoms with Gasteiger partial charge in [-0.15, -0.1) is 0 Å². The fourth-order valence-corrected chi connectivity index (χ4v) is 4.52. The molecule has 1 aromatic carbocycles. The number of nitrogens with zero attached hydrogens (tertiary/aromatic N) is 4. The Hall–Kier alpha value is -3.29. The van der Waals surface area contributed by atoms with Crippen molar-refractivity contribution in [1.82, 2.24) is 19.7 Å². The lowest BCUT2D eigenvalue weighted by atomic mass is 10.1. The van der Waals surface area contributed by atoms with E-state index < -0.39 is 0 Å². The minimum atomic E-state index is 0.454. The number of hydrogen-bond acceptors (Lipinski definition) is 6. The van der Waals surface area contributed by atoms with Crippen LogP contribution in [0.25, 0.3) is 16.9 Å². The predicted molar refractivity (Wildman–Crippen MR) is 130 cm³/mol. The van der Waals surface area contributed by atoms with Gasteiger partial charge in [-0.25, -0.2) is 4.98 Å². The first-order valence-electron chi connectivity index (χ1n) is 10.9. The van der Waals surface area contributed by atoms with Crippen molar-refractivity contribution in [2.24, 2.45) is 0 Å². The molecule has 0 amide bonds. The quantitative estimate of drug-likeness (QED) is 0.437. The SMILES string of the molecule is COc1cc(OC)c(-c2cn3ccc(N4CC[C@@H](NCc5ccncc5)C4)cc3n2)cc1Cl. The molecule has 1 aliphatic heterocycles. The fraction of sp³-hybridized carbons (Fsp3) is 0.280. The third-order valence-electron chi connectivity index (χ3n) is 6.09. The summed E-state index contributed by atoms with van der Waals surface area (Å²) in [6, 6.07) is 12.4. The first-order valence-corrected chi connectivity index (χ1v) is 11.3. The van der Waals surface area contributed by atoms with Crippen LogP contribution in [0.2, 0.25) is 5.02 Å². The number of benzene rings is 1. The largest absolute Gasteiger partial charge is 0.496 e. The van der Waals surface area contributed by atoms with Crippen LogP contribution in [0.15, 0.2) is 61.2 Å². The van der Waals surface area contributed by atoms with E-state index in [4.69, 9.17) is 26.1 Å². The smallest absolute Gasteiger partial charge is 0.141 e. The average Bonchev–Trinajstić information content (AvgIpc) is 3.50. The van der Waals surface area contributed by atoms with E-state index in [1.54, 1.807) is 20.3 Å². The Bertz CT molecular complexity index is 1260. The molecule has 4 heterocycles. The van der Waals surface area contributed by atoms with E-state index in [2.05, 4.69) is 45.7 Å². The second-order valence-corrected chi connectivity index (χ2v) is 8.54. The lowest BCUT2D eigenvalue weighted by molar-refractivity contribution is 0.395. The van der Waals surface area contributed by atoms with Gasteiger partial charge >= 0.3 is 0 Å². The molecule has 8 heteroatoms. The Morgan fingerprint density at radius 3 is 2.70 bits per heavy atom. The number of nitrogens with one attached hydrogen (secondary N) is 1. The topological polar surface area (TPSA) is 63.9 Å². The number of hydrogen-bond donors (Lipinski definition) is 1. The summed E-state index contributed by atoms with van der Waals surface area (Å²) >= 11 is 6.37. The molecule has 170 valence electrons. The van der Waals surface area contributed by atoms with Crippen molar-refractivity contribution < 1.29 is 9.47 Å². The van der Waals surface area contributed by atoms with Crippen molar-refractivity contribution in [3.8, 4) is 22.8 Å². The lowest BCUT2D eigenvalue weighted by Crippen LogP contribution is -2.32. The molecule has 1 aliphatic rings. The molecule has 0 saturated carbocycles. The van der Waals surface area contributed by atoms with Crippen molar-refractivity contribution in [1.29, 1.82) is 0 Å². The second-order valence-electron chi connectivity index (χ2n) is 8.13. The minimum Gasteiger partial charge on any atom is -0.496 e. The van der Waals surface area contributed by atoms with E-state index in [0.29, 0.717) is 22.6 Å². The molecular weight excluding hydrogens is 438 g/mol. The summed E-state index contributed by atoms with van der Waals surface area (Å²) in [5.41, 5.74) is 4.93. The average molecular weight is 464 g/mol. The highest BCUT2D eigenvalue weighted by Gasteiger charge is 2.23. The van der Waals surface area contributed by atoms with Gasteiger partial charge in [-0.05, 0) is 36.2 Å². The summed E-state index contributed by atoms with van der Waals surface area (Å²) in [5, 5.41) is 4.18. The molecule has 33 heavy (non-hydrogen) atoms. The molecule has 1 N–H and O–H groups in total. The Kier molecular flexibility index (Phi) is 6.07. The first kappa shape index (κ1) is 21.6. The molecule has 0 bridgehead atoms. The van der Waals surface area contributed by atoms with E-state index in [0.717, 1.165) is 43.0 Å². The number of imidazole rings is 1. The number of halogens is 1. The van der Waals surface area contributed by atoms with Crippen molar-refractivity contribution in [3.05, 3.63) is 71.8 Å². The number of anilines is 1. The number of methoxy groups -OCH3 is 2. The van der Waals surface area contributed by atoms with Gasteiger partial charge in [0.05, 0.1) is 24.9 Å². The van der Waals surface area contributed by atoms with Crippen molar-refractivity contribution in [2.75, 3.05) is 32.2 Å². The fourth-order valence-electron chi connectivity index (χ4n) is 4.28. The summed E-state index contributed by atoms with van der Waals surface area (Å²) in [4.78, 5) is 11.3. The molecule has 1 atom stereocenters. The zero-order chi connectivity index (χ0) is 22.8. The molecule has 0 spiro atoms. The number of aromatic nitrogens is 3. The maximum Gasteiger partial charge on any atom is 0.141 e. The van der Waals surface area contributed by atoms with Crippen LogP contribution in [-0.4, -0.2) is 47.7 Å². The van der Waals surface area contributed by atoms with Gasteiger partial charge in [0.25, 0.3) is 0 Å². The maximum atomic E-state index is 6.37. The third-order valence-corrected chi connectivity index (χ3v) is 6.39. The minimum absolute atomic E-state index is 0.454. The van der Waals surface area contributed by atoms with Gasteiger partial charge in [-0.3, -0.25) is 4.98 Å². The van der Waals surface area contributed by atoms with Gasteiger partial charge in [-0.2, -0.15) is 0 Å². The highest BCUT2D eigenvalue weighted by atomic mass is 35.5. The molecule has 3 aromatic heterocycles. The number of fused-ring (bicyclic) bond motifs is 1. The molecule has 5 rings (SSSR count). The Labute approximate surface area is 197 Å². The van der Waals surface area contributed by atoms with E-state index in [-0.39, 0.29) is 0 Å². The molecule has 7 nitrogen and oxygen atoms in total. The van der Waals surface area contributed by atoms with Gasteiger partial charge < -0.3 is 24.1 Å². The van der Waals surface area contributed by atoms with Crippen LogP contribution in [-0.2, 0) is 6.54 Å². The molecule has 0 radical (unpaired) electrons. The molecule has 1 saturated heterocycles. The Morgan fingerprint density at radius 2 is 1.91 bits per heavy atom. The standard InChI is InChI=1S/C25H26ClN5O2/c1-32-23-13-24(33-2)21(26)12-20(23)22-16-31-10-6-19(11-25(31)29-22)30-9-5-18(15-30)28-14-17-3-7-27-8-4-17/h3-4,6-8,10-13,16,18,28H,5,9,14-15H2,1-2H3/t18-/m1/s1. The molecule has 1 fully saturated rings. The van der Waals surface area contributed by atoms with Crippen molar-refractivity contribution in [3.63, 3.8) is 0 Å². The maximum absolute atomic E-state index is 6.37. The number of rotatable bonds is 7. The van der Waals surface area contributed by atoms with Crippen molar-refractivity contribution in [2.45, 2.75) is 19.0 Å². The summed E-state index contributed by atoms with van der Waals surface area (Å²) < 4.78 is 12.9. The summed E-state index contributed by atoms with van der Waals surface area (Å²) in [6.07, 6.45) is 8.82. The normalized spacial score (nSPS) is 15.8. The third kappa shape index (κ3) is 4.47. The van der Waals surface area contributed by atoms with Crippen LogP contribution in [0.4, 0.5) is 5.69 Å². The van der Waals surface area contributed by atoms with Crippen LogP contribution in [0.5, 0.6) is 11.5 Å². The first-order chi connectivity index (χ1) is 16.1. The lowest BCUT2D eigenvalue weighted by Gasteiger charge is -2.19. The van der Waals surface area contributed by atoms with Gasteiger partial charge in [0.1, 0.15) is 17.1 Å². The van der Waals surface area contributed by atoms with Crippen LogP contribution in [0.3, 0.4) is 0 Å². The highest BCUT2D eigenvalue weighted by Crippen LogP contribution is 2.38. The van der Waals surface area contributed by atoms with E-state index in [1.807, 2.05) is 29.1 Å². The van der Waals surface area contributed by atoms with Crippen LogP contribution < -0.4 is 19.7 Å². The molecule has 0 aliphatic carbocycles. The van der Waals surface area contributed by atoms with Crippen molar-refractivity contribution >= 4 is 22.9 Å². The second kappa shape index (κ2) is 9.29. The molecule has 4 aromatic rings. The summed E-state index contributed by atoms with van der Waals surface area (Å²) in [5.74, 6) is 1.24. The van der Waals surface area contributed by atoms with Gasteiger partial charge in [0, 0.05) is 73.8 Å². The van der Waals surface area contributed by atoms with E-state index >= 15 is 0 Å². The molecular formula is C25H26ClN5O2. The summed E-state index contributed by atoms with van der Waals surface area (Å²) in [6.45, 7) is 2.84. The monoisotopic (exact) mass is 463 g/mol. The zero-order valence-electron chi connectivity index (χ0n) is 18.7. The van der Waals surface area contributed by atoms with Crippen LogP contribution in [0.1, 0.15) is 12.0 Å².